The first kappa shape index (κ1) is 15.4. The third-order valence-electron chi connectivity index (χ3n) is 4.27. The quantitative estimate of drug-likeness (QED) is 0.505. The number of imidazole rings is 1. The molecule has 4 aromatic rings. The lowest BCUT2D eigenvalue weighted by Crippen LogP contribution is -1.86. The number of hydrogen-bond donors (Lipinski definition) is 1. The molecule has 0 bridgehead atoms. The number of nitrogens with zero attached hydrogens (tertiary/aromatic N) is 2. The summed E-state index contributed by atoms with van der Waals surface area (Å²) in [4.78, 5) is 7.92. The molecule has 25 heavy (non-hydrogen) atoms. The van der Waals surface area contributed by atoms with Crippen molar-refractivity contribution in [3.05, 3.63) is 76.8 Å². The molecule has 4 heteroatoms. The van der Waals surface area contributed by atoms with Crippen LogP contribution in [0.2, 0.25) is 5.02 Å². The van der Waals surface area contributed by atoms with E-state index in [0.29, 0.717) is 10.6 Å². The Morgan fingerprint density at radius 3 is 2.44 bits per heavy atom. The molecule has 3 aromatic carbocycles. The van der Waals surface area contributed by atoms with Crippen molar-refractivity contribution in [2.75, 3.05) is 0 Å². The second kappa shape index (κ2) is 6.08. The van der Waals surface area contributed by atoms with E-state index in [1.165, 1.54) is 0 Å². The Hall–Kier alpha value is -3.09. The van der Waals surface area contributed by atoms with E-state index in [2.05, 4.69) is 28.2 Å². The number of aromatic nitrogens is 2. The number of benzene rings is 3. The Balaban J connectivity index is 1.70. The molecule has 0 aliphatic heterocycles. The molecule has 0 amide bonds. The fourth-order valence-electron chi connectivity index (χ4n) is 2.98. The van der Waals surface area contributed by atoms with E-state index in [1.54, 1.807) is 0 Å². The van der Waals surface area contributed by atoms with Crippen molar-refractivity contribution in [1.29, 1.82) is 5.26 Å². The van der Waals surface area contributed by atoms with E-state index in [0.717, 1.165) is 39.1 Å². The highest BCUT2D eigenvalue weighted by Crippen LogP contribution is 2.28. The normalized spacial score (nSPS) is 10.8. The Morgan fingerprint density at radius 2 is 1.72 bits per heavy atom. The predicted octanol–water partition coefficient (Wildman–Crippen LogP) is 5.73. The van der Waals surface area contributed by atoms with Gasteiger partial charge in [0.05, 0.1) is 22.7 Å². The first-order valence-electron chi connectivity index (χ1n) is 7.91. The van der Waals surface area contributed by atoms with Crippen LogP contribution in [0.15, 0.2) is 60.7 Å². The average molecular weight is 344 g/mol. The number of halogens is 1. The summed E-state index contributed by atoms with van der Waals surface area (Å²) in [7, 11) is 0. The average Bonchev–Trinajstić information content (AvgIpc) is 3.05. The van der Waals surface area contributed by atoms with Crippen LogP contribution < -0.4 is 0 Å². The second-order valence-corrected chi connectivity index (χ2v) is 6.40. The molecular formula is C21H14ClN3. The van der Waals surface area contributed by atoms with Crippen LogP contribution in [0.25, 0.3) is 33.5 Å². The smallest absolute Gasteiger partial charge is 0.138 e. The molecule has 0 atom stereocenters. The number of fused-ring (bicyclic) bond motifs is 1. The van der Waals surface area contributed by atoms with Gasteiger partial charge in [-0.05, 0) is 53.9 Å². The van der Waals surface area contributed by atoms with E-state index in [9.17, 15) is 0 Å². The van der Waals surface area contributed by atoms with E-state index < -0.39 is 0 Å². The summed E-state index contributed by atoms with van der Waals surface area (Å²) < 4.78 is 0. The van der Waals surface area contributed by atoms with Gasteiger partial charge in [0.15, 0.2) is 0 Å². The topological polar surface area (TPSA) is 52.5 Å². The highest BCUT2D eigenvalue weighted by atomic mass is 35.5. The van der Waals surface area contributed by atoms with E-state index in [4.69, 9.17) is 16.9 Å². The zero-order valence-corrected chi connectivity index (χ0v) is 14.3. The lowest BCUT2D eigenvalue weighted by molar-refractivity contribution is 1.33. The van der Waals surface area contributed by atoms with E-state index in [-0.39, 0.29) is 0 Å². The third-order valence-corrected chi connectivity index (χ3v) is 4.50. The van der Waals surface area contributed by atoms with Crippen LogP contribution in [0.1, 0.15) is 11.1 Å². The highest BCUT2D eigenvalue weighted by molar-refractivity contribution is 6.31. The minimum atomic E-state index is 0.679. The van der Waals surface area contributed by atoms with E-state index >= 15 is 0 Å². The maximum Gasteiger partial charge on any atom is 0.138 e. The molecule has 1 N–H and O–H groups in total. The fraction of sp³-hybridized carbons (Fsp3) is 0.0476. The molecule has 0 saturated carbocycles. The summed E-state index contributed by atoms with van der Waals surface area (Å²) in [5.74, 6) is 0.820. The summed E-state index contributed by atoms with van der Waals surface area (Å²) in [6.45, 7) is 2.02. The minimum absolute atomic E-state index is 0.679. The number of nitrogens with one attached hydrogen (secondary N) is 1. The number of hydrogen-bond acceptors (Lipinski definition) is 2. The van der Waals surface area contributed by atoms with Crippen LogP contribution in [0, 0.1) is 18.3 Å². The zero-order chi connectivity index (χ0) is 17.4. The van der Waals surface area contributed by atoms with Crippen LogP contribution in [0.4, 0.5) is 0 Å². The number of aromatic amines is 1. The van der Waals surface area contributed by atoms with Gasteiger partial charge in [0.1, 0.15) is 5.82 Å². The Labute approximate surface area is 150 Å². The number of rotatable bonds is 2. The van der Waals surface area contributed by atoms with Crippen LogP contribution in [0.3, 0.4) is 0 Å². The highest BCUT2D eigenvalue weighted by Gasteiger charge is 2.07. The molecular weight excluding hydrogens is 330 g/mol. The largest absolute Gasteiger partial charge is 0.338 e. The lowest BCUT2D eigenvalue weighted by atomic mass is 9.98. The predicted molar refractivity (Wildman–Crippen MR) is 101 cm³/mol. The molecule has 1 heterocycles. The number of H-pyrrole nitrogens is 1. The Kier molecular flexibility index (Phi) is 3.76. The molecule has 0 radical (unpaired) electrons. The summed E-state index contributed by atoms with van der Waals surface area (Å²) in [6.07, 6.45) is 0. The number of aryl methyl sites for hydroxylation is 1. The van der Waals surface area contributed by atoms with Crippen LogP contribution in [-0.4, -0.2) is 9.97 Å². The molecule has 3 nitrogen and oxygen atoms in total. The summed E-state index contributed by atoms with van der Waals surface area (Å²) >= 11 is 6.03. The molecule has 0 spiro atoms. The molecule has 0 aliphatic carbocycles. The molecule has 0 aliphatic rings. The van der Waals surface area contributed by atoms with Gasteiger partial charge in [-0.25, -0.2) is 4.98 Å². The first-order chi connectivity index (χ1) is 12.1. The lowest BCUT2D eigenvalue weighted by Gasteiger charge is -2.07. The monoisotopic (exact) mass is 343 g/mol. The van der Waals surface area contributed by atoms with E-state index in [1.807, 2.05) is 55.5 Å². The molecule has 0 unspecified atom stereocenters. The molecule has 120 valence electrons. The molecule has 1 aromatic heterocycles. The zero-order valence-electron chi connectivity index (χ0n) is 13.5. The van der Waals surface area contributed by atoms with Gasteiger partial charge in [-0.2, -0.15) is 5.26 Å². The van der Waals surface area contributed by atoms with Gasteiger partial charge in [-0.15, -0.1) is 0 Å². The van der Waals surface area contributed by atoms with Gasteiger partial charge in [0, 0.05) is 10.6 Å². The van der Waals surface area contributed by atoms with Crippen molar-refractivity contribution in [3.63, 3.8) is 0 Å². The van der Waals surface area contributed by atoms with Crippen molar-refractivity contribution in [1.82, 2.24) is 9.97 Å². The first-order valence-corrected chi connectivity index (χ1v) is 8.29. The van der Waals surface area contributed by atoms with Gasteiger partial charge in [-0.3, -0.25) is 0 Å². The maximum absolute atomic E-state index is 8.99. The summed E-state index contributed by atoms with van der Waals surface area (Å²) in [5.41, 5.74) is 6.85. The van der Waals surface area contributed by atoms with Crippen molar-refractivity contribution >= 4 is 22.6 Å². The van der Waals surface area contributed by atoms with Crippen LogP contribution in [-0.2, 0) is 0 Å². The maximum atomic E-state index is 8.99. The second-order valence-electron chi connectivity index (χ2n) is 5.97. The standard InChI is InChI=1S/C21H14ClN3/c1-13-10-14(12-23)2-8-18(13)15-3-5-16(6-4-15)21-24-19-9-7-17(22)11-20(19)25-21/h2-11H,1H3,(H,24,25). The third kappa shape index (κ3) is 2.88. The van der Waals surface area contributed by atoms with Crippen molar-refractivity contribution in [2.45, 2.75) is 6.92 Å². The summed E-state index contributed by atoms with van der Waals surface area (Å²) in [6, 6.07) is 21.8. The van der Waals surface area contributed by atoms with Crippen molar-refractivity contribution in [3.8, 4) is 28.6 Å². The molecule has 0 saturated heterocycles. The van der Waals surface area contributed by atoms with Gasteiger partial charge < -0.3 is 4.98 Å². The van der Waals surface area contributed by atoms with Crippen LogP contribution in [0.5, 0.6) is 0 Å². The Bertz CT molecular complexity index is 1120. The van der Waals surface area contributed by atoms with Gasteiger partial charge in [0.2, 0.25) is 0 Å². The minimum Gasteiger partial charge on any atom is -0.338 e. The fourth-order valence-corrected chi connectivity index (χ4v) is 3.16. The molecule has 0 fully saturated rings. The van der Waals surface area contributed by atoms with Gasteiger partial charge in [0.25, 0.3) is 0 Å². The SMILES string of the molecule is Cc1cc(C#N)ccc1-c1ccc(-c2nc3ccc(Cl)cc3[nH]2)cc1. The Morgan fingerprint density at radius 1 is 0.960 bits per heavy atom. The van der Waals surface area contributed by atoms with Crippen LogP contribution >= 0.6 is 11.6 Å². The number of nitriles is 1. The summed E-state index contributed by atoms with van der Waals surface area (Å²) in [5, 5.41) is 9.68. The van der Waals surface area contributed by atoms with Gasteiger partial charge in [-0.1, -0.05) is 41.9 Å². The van der Waals surface area contributed by atoms with Crippen molar-refractivity contribution < 1.29 is 0 Å². The van der Waals surface area contributed by atoms with Crippen molar-refractivity contribution in [2.24, 2.45) is 0 Å². The molecule has 4 rings (SSSR count). The van der Waals surface area contributed by atoms with Gasteiger partial charge >= 0.3 is 0 Å².